The van der Waals surface area contributed by atoms with E-state index in [1.54, 1.807) is 26.0 Å². The van der Waals surface area contributed by atoms with Crippen molar-refractivity contribution in [1.82, 2.24) is 10.1 Å². The summed E-state index contributed by atoms with van der Waals surface area (Å²) in [7, 11) is 0. The molecule has 1 aliphatic rings. The Morgan fingerprint density at radius 2 is 2.21 bits per heavy atom. The number of benzene rings is 1. The Hall–Kier alpha value is -3.09. The van der Waals surface area contributed by atoms with Crippen LogP contribution < -0.4 is 5.32 Å². The second-order valence-electron chi connectivity index (χ2n) is 7.80. The lowest BCUT2D eigenvalue weighted by molar-refractivity contribution is -0.124. The molecule has 1 aromatic carbocycles. The minimum Gasteiger partial charge on any atom is -0.449 e. The second kappa shape index (κ2) is 7.73. The fourth-order valence-corrected chi connectivity index (χ4v) is 3.87. The smallest absolute Gasteiger partial charge is 0.338 e. The monoisotopic (exact) mass is 395 g/mol. The van der Waals surface area contributed by atoms with Crippen LogP contribution in [0.15, 0.2) is 28.8 Å². The molecule has 0 aliphatic heterocycles. The van der Waals surface area contributed by atoms with Crippen molar-refractivity contribution in [2.75, 3.05) is 5.32 Å². The molecule has 152 valence electrons. The zero-order valence-corrected chi connectivity index (χ0v) is 16.9. The maximum Gasteiger partial charge on any atom is 0.338 e. The first-order valence-electron chi connectivity index (χ1n) is 10.0. The molecule has 0 saturated carbocycles. The SMILES string of the molecule is CCC(OC(=O)c1ccc2[nH]c3c(c2c1)CC(C)CC3)C(=O)Nc1cc(C)on1. The zero-order valence-electron chi connectivity index (χ0n) is 16.9. The Balaban J connectivity index is 1.51. The van der Waals surface area contributed by atoms with Crippen molar-refractivity contribution < 1.29 is 18.8 Å². The summed E-state index contributed by atoms with van der Waals surface area (Å²) < 4.78 is 10.4. The van der Waals surface area contributed by atoms with E-state index in [9.17, 15) is 9.59 Å². The van der Waals surface area contributed by atoms with Crippen LogP contribution in [0.5, 0.6) is 0 Å². The first-order valence-corrected chi connectivity index (χ1v) is 10.0. The van der Waals surface area contributed by atoms with E-state index in [4.69, 9.17) is 9.26 Å². The van der Waals surface area contributed by atoms with Gasteiger partial charge in [0.2, 0.25) is 0 Å². The lowest BCUT2D eigenvalue weighted by Crippen LogP contribution is -2.32. The number of ether oxygens (including phenoxy) is 1. The van der Waals surface area contributed by atoms with E-state index >= 15 is 0 Å². The molecule has 0 fully saturated rings. The fraction of sp³-hybridized carbons (Fsp3) is 0.409. The number of hydrogen-bond acceptors (Lipinski definition) is 5. The van der Waals surface area contributed by atoms with Gasteiger partial charge in [0.05, 0.1) is 5.56 Å². The van der Waals surface area contributed by atoms with Crippen molar-refractivity contribution in [3.63, 3.8) is 0 Å². The van der Waals surface area contributed by atoms with E-state index in [-0.39, 0.29) is 0 Å². The lowest BCUT2D eigenvalue weighted by Gasteiger charge is -2.18. The molecule has 3 aromatic rings. The van der Waals surface area contributed by atoms with Crippen LogP contribution in [0.3, 0.4) is 0 Å². The van der Waals surface area contributed by atoms with Gasteiger partial charge in [-0.15, -0.1) is 0 Å². The summed E-state index contributed by atoms with van der Waals surface area (Å²) in [6, 6.07) is 7.13. The topological polar surface area (TPSA) is 97.2 Å². The highest BCUT2D eigenvalue weighted by Gasteiger charge is 2.24. The number of anilines is 1. The number of carbonyl (C=O) groups excluding carboxylic acids is 2. The molecule has 1 aliphatic carbocycles. The zero-order chi connectivity index (χ0) is 20.5. The lowest BCUT2D eigenvalue weighted by atomic mass is 9.87. The van der Waals surface area contributed by atoms with E-state index < -0.39 is 18.0 Å². The summed E-state index contributed by atoms with van der Waals surface area (Å²) in [4.78, 5) is 28.6. The normalized spacial score (nSPS) is 17.0. The van der Waals surface area contributed by atoms with Gasteiger partial charge in [-0.25, -0.2) is 4.79 Å². The number of aromatic amines is 1. The third-order valence-corrected chi connectivity index (χ3v) is 5.46. The van der Waals surface area contributed by atoms with Gasteiger partial charge in [0, 0.05) is 22.7 Å². The summed E-state index contributed by atoms with van der Waals surface area (Å²) in [6.07, 6.45) is 2.66. The number of rotatable bonds is 5. The van der Waals surface area contributed by atoms with Crippen molar-refractivity contribution in [2.45, 2.75) is 52.6 Å². The van der Waals surface area contributed by atoms with Crippen molar-refractivity contribution in [2.24, 2.45) is 5.92 Å². The molecule has 2 heterocycles. The average molecular weight is 395 g/mol. The summed E-state index contributed by atoms with van der Waals surface area (Å²) in [6.45, 7) is 5.77. The third kappa shape index (κ3) is 3.90. The Morgan fingerprint density at radius 3 is 2.93 bits per heavy atom. The number of aryl methyl sites for hydroxylation is 2. The highest BCUT2D eigenvalue weighted by atomic mass is 16.5. The van der Waals surface area contributed by atoms with E-state index in [0.29, 0.717) is 29.5 Å². The maximum absolute atomic E-state index is 12.7. The number of esters is 1. The summed E-state index contributed by atoms with van der Waals surface area (Å²) in [5, 5.41) is 7.42. The molecule has 1 amide bonds. The van der Waals surface area contributed by atoms with Crippen molar-refractivity contribution in [1.29, 1.82) is 0 Å². The van der Waals surface area contributed by atoms with Gasteiger partial charge in [-0.2, -0.15) is 0 Å². The second-order valence-corrected chi connectivity index (χ2v) is 7.80. The van der Waals surface area contributed by atoms with Crippen LogP contribution in [0, 0.1) is 12.8 Å². The number of nitrogens with zero attached hydrogens (tertiary/aromatic N) is 1. The van der Waals surface area contributed by atoms with Crippen molar-refractivity contribution >= 4 is 28.6 Å². The third-order valence-electron chi connectivity index (χ3n) is 5.46. The Bertz CT molecular complexity index is 1070. The highest BCUT2D eigenvalue weighted by Crippen LogP contribution is 2.32. The van der Waals surface area contributed by atoms with E-state index in [0.717, 1.165) is 23.7 Å². The van der Waals surface area contributed by atoms with Crippen LogP contribution in [-0.4, -0.2) is 28.1 Å². The molecule has 4 rings (SSSR count). The molecule has 0 bridgehead atoms. The first kappa shape index (κ1) is 19.2. The molecule has 7 heteroatoms. The largest absolute Gasteiger partial charge is 0.449 e. The predicted molar refractivity (Wildman–Crippen MR) is 109 cm³/mol. The van der Waals surface area contributed by atoms with Gasteiger partial charge in [-0.3, -0.25) is 4.79 Å². The average Bonchev–Trinajstić information content (AvgIpc) is 3.27. The first-order chi connectivity index (χ1) is 13.9. The highest BCUT2D eigenvalue weighted by molar-refractivity contribution is 5.99. The molecule has 29 heavy (non-hydrogen) atoms. The number of hydrogen-bond donors (Lipinski definition) is 2. The molecule has 2 unspecified atom stereocenters. The number of fused-ring (bicyclic) bond motifs is 3. The van der Waals surface area contributed by atoms with E-state index in [1.165, 1.54) is 17.7 Å². The van der Waals surface area contributed by atoms with Crippen molar-refractivity contribution in [3.8, 4) is 0 Å². The quantitative estimate of drug-likeness (QED) is 0.632. The maximum atomic E-state index is 12.7. The van der Waals surface area contributed by atoms with Crippen LogP contribution in [0.25, 0.3) is 10.9 Å². The number of H-pyrrole nitrogens is 1. The Kier molecular flexibility index (Phi) is 5.13. The summed E-state index contributed by atoms with van der Waals surface area (Å²) in [5.74, 6) is 0.580. The molecule has 0 spiro atoms. The van der Waals surface area contributed by atoms with Gasteiger partial charge in [0.15, 0.2) is 11.9 Å². The predicted octanol–water partition coefficient (Wildman–Crippen LogP) is 4.16. The molecule has 2 atom stereocenters. The van der Waals surface area contributed by atoms with Gasteiger partial charge in [0.1, 0.15) is 5.76 Å². The molecular weight excluding hydrogens is 370 g/mol. The van der Waals surface area contributed by atoms with E-state index in [2.05, 4.69) is 22.4 Å². The van der Waals surface area contributed by atoms with Gasteiger partial charge < -0.3 is 19.6 Å². The number of aromatic nitrogens is 2. The van der Waals surface area contributed by atoms with Crippen molar-refractivity contribution in [3.05, 3.63) is 46.8 Å². The van der Waals surface area contributed by atoms with E-state index in [1.807, 2.05) is 12.1 Å². The van der Waals surface area contributed by atoms with Gasteiger partial charge in [0.25, 0.3) is 5.91 Å². The molecule has 2 aromatic heterocycles. The number of carbonyl (C=O) groups is 2. The minimum atomic E-state index is -0.907. The van der Waals surface area contributed by atoms with Crippen LogP contribution in [0.1, 0.15) is 54.1 Å². The molecular formula is C22H25N3O4. The molecule has 0 saturated heterocycles. The number of nitrogens with one attached hydrogen (secondary N) is 2. The summed E-state index contributed by atoms with van der Waals surface area (Å²) in [5.41, 5.74) is 4.03. The van der Waals surface area contributed by atoms with Gasteiger partial charge in [-0.1, -0.05) is 19.0 Å². The summed E-state index contributed by atoms with van der Waals surface area (Å²) >= 11 is 0. The van der Waals surface area contributed by atoms with Crippen LogP contribution in [0.4, 0.5) is 5.82 Å². The van der Waals surface area contributed by atoms with Crippen LogP contribution in [-0.2, 0) is 22.4 Å². The molecule has 7 nitrogen and oxygen atoms in total. The Morgan fingerprint density at radius 1 is 1.38 bits per heavy atom. The fourth-order valence-electron chi connectivity index (χ4n) is 3.87. The number of amides is 1. The Labute approximate surface area is 168 Å². The minimum absolute atomic E-state index is 0.302. The van der Waals surface area contributed by atoms with Crippen LogP contribution >= 0.6 is 0 Å². The molecule has 0 radical (unpaired) electrons. The van der Waals surface area contributed by atoms with Crippen LogP contribution in [0.2, 0.25) is 0 Å². The standard InChI is InChI=1S/C22H25N3O4/c1-4-19(21(26)24-20-10-13(3)29-25-20)28-22(27)14-6-8-18-16(11-14)15-9-12(2)5-7-17(15)23-18/h6,8,10-12,19,23H,4-5,7,9H2,1-3H3,(H,24,25,26). The van der Waals surface area contributed by atoms with Gasteiger partial charge in [-0.05, 0) is 62.3 Å². The molecule has 2 N–H and O–H groups in total. The van der Waals surface area contributed by atoms with Gasteiger partial charge >= 0.3 is 5.97 Å².